The van der Waals surface area contributed by atoms with Gasteiger partial charge >= 0.3 is 6.09 Å². The number of rotatable bonds is 3. The summed E-state index contributed by atoms with van der Waals surface area (Å²) in [5.74, 6) is -2.64. The van der Waals surface area contributed by atoms with Gasteiger partial charge in [-0.1, -0.05) is 29.8 Å². The van der Waals surface area contributed by atoms with Crippen LogP contribution >= 0.6 is 24.0 Å². The number of carbonyl (C=O) groups excluding carboxylic acids is 1. The molecule has 2 amide bonds. The minimum atomic E-state index is -2.44. The zero-order valence-corrected chi connectivity index (χ0v) is 19.4. The number of carbonyl (C=O) groups is 2. The Hall–Kier alpha value is -3.73. The first-order valence-electron chi connectivity index (χ1n) is 9.91. The topological polar surface area (TPSA) is 110 Å². The van der Waals surface area contributed by atoms with E-state index in [0.29, 0.717) is 11.0 Å². The van der Waals surface area contributed by atoms with Crippen molar-refractivity contribution >= 4 is 58.7 Å². The van der Waals surface area contributed by atoms with Crippen LogP contribution in [-0.4, -0.2) is 39.2 Å². The van der Waals surface area contributed by atoms with E-state index < -0.39 is 29.4 Å². The zero-order valence-electron chi connectivity index (χ0n) is 17.8. The van der Waals surface area contributed by atoms with Crippen LogP contribution in [0.15, 0.2) is 54.6 Å². The molecule has 3 aromatic carbocycles. The van der Waals surface area contributed by atoms with Crippen LogP contribution in [0.2, 0.25) is 5.02 Å². The predicted octanol–water partition coefficient (Wildman–Crippen LogP) is 4.88. The van der Waals surface area contributed by atoms with Crippen LogP contribution < -0.4 is 9.80 Å². The van der Waals surface area contributed by atoms with Gasteiger partial charge in [0.2, 0.25) is 11.7 Å². The fourth-order valence-corrected chi connectivity index (χ4v) is 4.29. The summed E-state index contributed by atoms with van der Waals surface area (Å²) in [6.45, 7) is 0. The Morgan fingerprint density at radius 3 is 2.60 bits per heavy atom. The van der Waals surface area contributed by atoms with Gasteiger partial charge in [-0.3, -0.25) is 14.6 Å². The maximum atomic E-state index is 15.1. The molecule has 0 bridgehead atoms. The second kappa shape index (κ2) is 8.49. The average Bonchev–Trinajstić information content (AvgIpc) is 3.33. The van der Waals surface area contributed by atoms with E-state index in [1.807, 2.05) is 0 Å². The lowest BCUT2D eigenvalue weighted by molar-refractivity contribution is 0.0681. The molecule has 35 heavy (non-hydrogen) atoms. The first-order valence-corrected chi connectivity index (χ1v) is 10.3. The summed E-state index contributed by atoms with van der Waals surface area (Å²) in [7, 11) is 1.29. The molecular formula is C23H16Cl2F2N4O4. The van der Waals surface area contributed by atoms with Crippen molar-refractivity contribution in [2.24, 2.45) is 0 Å². The first-order chi connectivity index (χ1) is 16.1. The number of aromatic amines is 1. The number of hydrogen-bond donors (Lipinski definition) is 3. The molecule has 0 saturated heterocycles. The Balaban J connectivity index is 0.00000289. The third-order valence-electron chi connectivity index (χ3n) is 5.77. The maximum absolute atomic E-state index is 15.1. The highest BCUT2D eigenvalue weighted by molar-refractivity contribution is 6.31. The van der Waals surface area contributed by atoms with Crippen molar-refractivity contribution in [1.82, 2.24) is 9.97 Å². The monoisotopic (exact) mass is 520 g/mol. The Bertz CT molecular complexity index is 1510. The molecule has 8 nitrogen and oxygen atoms in total. The number of nitrogens with one attached hydrogen (secondary N) is 1. The molecule has 2 heterocycles. The summed E-state index contributed by atoms with van der Waals surface area (Å²) < 4.78 is 30.1. The van der Waals surface area contributed by atoms with E-state index in [-0.39, 0.29) is 45.8 Å². The fourth-order valence-electron chi connectivity index (χ4n) is 4.12. The number of halogens is 4. The smallest absolute Gasteiger partial charge is 0.413 e. The molecule has 1 unspecified atom stereocenters. The number of benzene rings is 3. The average molecular weight is 521 g/mol. The van der Waals surface area contributed by atoms with Gasteiger partial charge in [0.05, 0.1) is 32.9 Å². The molecular weight excluding hydrogens is 505 g/mol. The summed E-state index contributed by atoms with van der Waals surface area (Å²) >= 11 is 5.92. The van der Waals surface area contributed by atoms with E-state index in [2.05, 4.69) is 9.97 Å². The lowest BCUT2D eigenvalue weighted by Crippen LogP contribution is -2.45. The molecule has 180 valence electrons. The molecule has 4 aromatic rings. The molecule has 12 heteroatoms. The van der Waals surface area contributed by atoms with E-state index in [9.17, 15) is 19.8 Å². The van der Waals surface area contributed by atoms with Crippen LogP contribution in [0.25, 0.3) is 11.0 Å². The summed E-state index contributed by atoms with van der Waals surface area (Å²) in [5, 5.41) is 20.9. The normalized spacial score (nSPS) is 16.8. The Kier molecular flexibility index (Phi) is 5.92. The van der Waals surface area contributed by atoms with Gasteiger partial charge in [0.1, 0.15) is 5.82 Å². The number of H-pyrrole nitrogens is 1. The SMILES string of the molecule is CN(C(=O)O)c1nc2ccc(C3(O)c4c(F)cccc4C(=O)N3c3cccc(Cl)c3F)cc2[nH]1.Cl. The summed E-state index contributed by atoms with van der Waals surface area (Å²) in [6.07, 6.45) is -1.25. The lowest BCUT2D eigenvalue weighted by Gasteiger charge is -2.35. The minimum absolute atomic E-state index is 0. The Labute approximate surface area is 207 Å². The van der Waals surface area contributed by atoms with Gasteiger partial charge in [0.25, 0.3) is 5.91 Å². The molecule has 0 fully saturated rings. The minimum Gasteiger partial charge on any atom is -0.465 e. The second-order valence-corrected chi connectivity index (χ2v) is 8.09. The third kappa shape index (κ3) is 3.49. The molecule has 1 aliphatic rings. The highest BCUT2D eigenvalue weighted by Gasteiger charge is 2.53. The van der Waals surface area contributed by atoms with Crippen LogP contribution in [0.1, 0.15) is 21.5 Å². The largest absolute Gasteiger partial charge is 0.465 e. The van der Waals surface area contributed by atoms with Crippen LogP contribution in [0.3, 0.4) is 0 Å². The van der Waals surface area contributed by atoms with E-state index in [4.69, 9.17) is 11.6 Å². The van der Waals surface area contributed by atoms with Crippen molar-refractivity contribution in [2.45, 2.75) is 5.72 Å². The van der Waals surface area contributed by atoms with Crippen LogP contribution in [0.4, 0.5) is 25.2 Å². The number of carboxylic acid groups (broad SMARTS) is 1. The van der Waals surface area contributed by atoms with Crippen molar-refractivity contribution in [3.05, 3.63) is 87.9 Å². The molecule has 0 saturated carbocycles. The number of nitrogens with zero attached hydrogens (tertiary/aromatic N) is 3. The second-order valence-electron chi connectivity index (χ2n) is 7.68. The molecule has 1 atom stereocenters. The molecule has 1 aliphatic heterocycles. The van der Waals surface area contributed by atoms with Gasteiger partial charge in [-0.25, -0.2) is 18.6 Å². The highest BCUT2D eigenvalue weighted by atomic mass is 35.5. The van der Waals surface area contributed by atoms with Crippen molar-refractivity contribution in [3.8, 4) is 0 Å². The predicted molar refractivity (Wildman–Crippen MR) is 127 cm³/mol. The van der Waals surface area contributed by atoms with Crippen LogP contribution in [0.5, 0.6) is 0 Å². The van der Waals surface area contributed by atoms with E-state index in [1.165, 1.54) is 55.6 Å². The summed E-state index contributed by atoms with van der Waals surface area (Å²) in [6, 6.07) is 11.9. The number of aromatic nitrogens is 2. The molecule has 0 radical (unpaired) electrons. The maximum Gasteiger partial charge on any atom is 0.413 e. The van der Waals surface area contributed by atoms with Gasteiger partial charge in [-0.05, 0) is 36.4 Å². The van der Waals surface area contributed by atoms with Gasteiger partial charge in [-0.2, -0.15) is 0 Å². The number of hydrogen-bond acceptors (Lipinski definition) is 4. The molecule has 5 rings (SSSR count). The quantitative estimate of drug-likeness (QED) is 0.356. The molecule has 0 aliphatic carbocycles. The van der Waals surface area contributed by atoms with Crippen molar-refractivity contribution in [2.75, 3.05) is 16.8 Å². The number of fused-ring (bicyclic) bond motifs is 2. The number of anilines is 2. The lowest BCUT2D eigenvalue weighted by atomic mass is 9.92. The standard InChI is InChI=1S/C23H15ClF2N4O4.ClH/c1-29(22(32)33)21-27-15-9-8-11(10-16(15)28-21)23(34)18-12(4-2-6-14(18)25)20(31)30(23)17-7-3-5-13(24)19(17)26;/h2-10,34H,1H3,(H,27,28)(H,32,33);1H. The van der Waals surface area contributed by atoms with Crippen molar-refractivity contribution in [3.63, 3.8) is 0 Å². The Morgan fingerprint density at radius 1 is 1.17 bits per heavy atom. The van der Waals surface area contributed by atoms with Gasteiger partial charge in [-0.15, -0.1) is 12.4 Å². The van der Waals surface area contributed by atoms with Crippen LogP contribution in [-0.2, 0) is 5.72 Å². The molecule has 1 aromatic heterocycles. The number of imidazole rings is 1. The van der Waals surface area contributed by atoms with Crippen LogP contribution in [0, 0.1) is 11.6 Å². The summed E-state index contributed by atoms with van der Waals surface area (Å²) in [4.78, 5) is 33.2. The van der Waals surface area contributed by atoms with Gasteiger partial charge in [0.15, 0.2) is 5.82 Å². The Morgan fingerprint density at radius 2 is 1.89 bits per heavy atom. The molecule has 0 spiro atoms. The van der Waals surface area contributed by atoms with Gasteiger partial charge < -0.3 is 15.2 Å². The zero-order chi connectivity index (χ0) is 24.4. The number of amides is 2. The van der Waals surface area contributed by atoms with Crippen molar-refractivity contribution < 1.29 is 28.6 Å². The molecule has 3 N–H and O–H groups in total. The number of aliphatic hydroxyl groups is 1. The van der Waals surface area contributed by atoms with E-state index >= 15 is 8.78 Å². The summed E-state index contributed by atoms with van der Waals surface area (Å²) in [5.41, 5.74) is -2.59. The van der Waals surface area contributed by atoms with E-state index in [0.717, 1.165) is 15.9 Å². The first kappa shape index (κ1) is 24.4. The van der Waals surface area contributed by atoms with Crippen molar-refractivity contribution in [1.29, 1.82) is 0 Å². The van der Waals surface area contributed by atoms with Gasteiger partial charge in [0, 0.05) is 12.6 Å². The fraction of sp³-hybridized carbons (Fsp3) is 0.0870. The van der Waals surface area contributed by atoms with E-state index in [1.54, 1.807) is 0 Å². The third-order valence-corrected chi connectivity index (χ3v) is 6.06. The highest BCUT2D eigenvalue weighted by Crippen LogP contribution is 2.47.